The summed E-state index contributed by atoms with van der Waals surface area (Å²) >= 11 is 0. The molecule has 0 saturated heterocycles. The molecule has 0 fully saturated rings. The molecule has 27 heavy (non-hydrogen) atoms. The lowest BCUT2D eigenvalue weighted by atomic mass is 10.1. The Morgan fingerprint density at radius 2 is 1.85 bits per heavy atom. The normalized spacial score (nSPS) is 13.8. The van der Waals surface area contributed by atoms with E-state index >= 15 is 0 Å². The minimum Gasteiger partial charge on any atom is -0.486 e. The van der Waals surface area contributed by atoms with E-state index in [9.17, 15) is 9.59 Å². The first-order chi connectivity index (χ1) is 13.1. The fraction of sp³-hybridized carbons (Fsp3) is 0.238. The van der Waals surface area contributed by atoms with Gasteiger partial charge in [-0.2, -0.15) is 0 Å². The molecule has 1 amide bonds. The highest BCUT2D eigenvalue weighted by Crippen LogP contribution is 2.31. The number of amides is 1. The lowest BCUT2D eigenvalue weighted by molar-refractivity contribution is -0.144. The van der Waals surface area contributed by atoms with Crippen LogP contribution in [0.5, 0.6) is 11.5 Å². The minimum absolute atomic E-state index is 0.161. The van der Waals surface area contributed by atoms with Gasteiger partial charge < -0.3 is 19.5 Å². The molecule has 0 aliphatic carbocycles. The molecule has 6 heteroatoms. The van der Waals surface area contributed by atoms with Gasteiger partial charge in [-0.05, 0) is 36.3 Å². The van der Waals surface area contributed by atoms with E-state index in [1.54, 1.807) is 18.2 Å². The number of nitrogens with one attached hydrogen (secondary N) is 1. The van der Waals surface area contributed by atoms with Gasteiger partial charge in [0.2, 0.25) is 0 Å². The molecule has 1 N–H and O–H groups in total. The van der Waals surface area contributed by atoms with Crippen molar-refractivity contribution in [3.8, 4) is 11.5 Å². The van der Waals surface area contributed by atoms with Crippen molar-refractivity contribution in [3.63, 3.8) is 0 Å². The third-order valence-corrected chi connectivity index (χ3v) is 4.00. The Morgan fingerprint density at radius 3 is 2.63 bits per heavy atom. The van der Waals surface area contributed by atoms with Crippen molar-refractivity contribution in [1.82, 2.24) is 5.32 Å². The molecule has 0 spiro atoms. The highest BCUT2D eigenvalue weighted by atomic mass is 16.6. The zero-order chi connectivity index (χ0) is 19.1. The Kier molecular flexibility index (Phi) is 6.10. The zero-order valence-electron chi connectivity index (χ0n) is 15.0. The first-order valence-corrected chi connectivity index (χ1v) is 8.70. The Hall–Kier alpha value is -3.28. The van der Waals surface area contributed by atoms with Crippen LogP contribution in [0.1, 0.15) is 24.1 Å². The Labute approximate surface area is 157 Å². The second-order valence-corrected chi connectivity index (χ2v) is 6.04. The molecule has 1 atom stereocenters. The summed E-state index contributed by atoms with van der Waals surface area (Å²) in [5.74, 6) is 0.385. The maximum Gasteiger partial charge on any atom is 0.331 e. The summed E-state index contributed by atoms with van der Waals surface area (Å²) in [7, 11) is 0. The number of ether oxygens (including phenoxy) is 3. The Balaban J connectivity index is 1.46. The molecule has 3 rings (SSSR count). The lowest BCUT2D eigenvalue weighted by Crippen LogP contribution is -2.30. The van der Waals surface area contributed by atoms with Gasteiger partial charge in [0, 0.05) is 6.08 Å². The van der Waals surface area contributed by atoms with Crippen LogP contribution in [-0.4, -0.2) is 31.7 Å². The monoisotopic (exact) mass is 367 g/mol. The van der Waals surface area contributed by atoms with Gasteiger partial charge in [-0.15, -0.1) is 0 Å². The first kappa shape index (κ1) is 18.5. The van der Waals surface area contributed by atoms with E-state index in [0.29, 0.717) is 24.7 Å². The topological polar surface area (TPSA) is 73.9 Å². The molecule has 0 aromatic heterocycles. The quantitative estimate of drug-likeness (QED) is 0.628. The van der Waals surface area contributed by atoms with E-state index in [0.717, 1.165) is 11.1 Å². The summed E-state index contributed by atoms with van der Waals surface area (Å²) in [5, 5.41) is 2.79. The average molecular weight is 367 g/mol. The smallest absolute Gasteiger partial charge is 0.331 e. The summed E-state index contributed by atoms with van der Waals surface area (Å²) in [6, 6.07) is 14.8. The van der Waals surface area contributed by atoms with E-state index in [4.69, 9.17) is 14.2 Å². The van der Waals surface area contributed by atoms with Gasteiger partial charge >= 0.3 is 5.97 Å². The molecule has 140 valence electrons. The highest BCUT2D eigenvalue weighted by molar-refractivity contribution is 5.89. The van der Waals surface area contributed by atoms with Crippen LogP contribution in [0.25, 0.3) is 6.08 Å². The van der Waals surface area contributed by atoms with Crippen molar-refractivity contribution in [3.05, 3.63) is 65.7 Å². The van der Waals surface area contributed by atoms with Crippen LogP contribution in [0.15, 0.2) is 54.6 Å². The SMILES string of the molecule is CC(NC(=O)COC(=O)/C=C/c1ccc2c(c1)OCCO2)c1ccccc1. The van der Waals surface area contributed by atoms with Gasteiger partial charge in [0.1, 0.15) is 13.2 Å². The molecular formula is C21H21NO5. The Bertz CT molecular complexity index is 832. The van der Waals surface area contributed by atoms with Crippen LogP contribution in [0, 0.1) is 0 Å². The predicted molar refractivity (Wildman–Crippen MR) is 100 cm³/mol. The molecule has 1 unspecified atom stereocenters. The number of carbonyl (C=O) groups is 2. The third-order valence-electron chi connectivity index (χ3n) is 4.00. The zero-order valence-corrected chi connectivity index (χ0v) is 15.0. The van der Waals surface area contributed by atoms with Crippen molar-refractivity contribution < 1.29 is 23.8 Å². The molecule has 0 bridgehead atoms. The number of hydrogen-bond acceptors (Lipinski definition) is 5. The largest absolute Gasteiger partial charge is 0.486 e. The fourth-order valence-electron chi connectivity index (χ4n) is 2.62. The molecule has 0 saturated carbocycles. The van der Waals surface area contributed by atoms with Crippen molar-refractivity contribution in [2.45, 2.75) is 13.0 Å². The summed E-state index contributed by atoms with van der Waals surface area (Å²) in [6.07, 6.45) is 2.88. The maximum atomic E-state index is 11.9. The molecular weight excluding hydrogens is 346 g/mol. The third kappa shape index (κ3) is 5.34. The summed E-state index contributed by atoms with van der Waals surface area (Å²) in [4.78, 5) is 23.7. The van der Waals surface area contributed by atoms with Crippen molar-refractivity contribution in [2.75, 3.05) is 19.8 Å². The summed E-state index contributed by atoms with van der Waals surface area (Å²) in [5.41, 5.74) is 1.76. The van der Waals surface area contributed by atoms with Crippen LogP contribution in [-0.2, 0) is 14.3 Å². The van der Waals surface area contributed by atoms with Crippen LogP contribution < -0.4 is 14.8 Å². The van der Waals surface area contributed by atoms with Gasteiger partial charge in [0.25, 0.3) is 5.91 Å². The Morgan fingerprint density at radius 1 is 1.11 bits per heavy atom. The average Bonchev–Trinajstić information content (AvgIpc) is 2.71. The predicted octanol–water partition coefficient (Wildman–Crippen LogP) is 2.89. The van der Waals surface area contributed by atoms with Crippen molar-refractivity contribution in [1.29, 1.82) is 0 Å². The summed E-state index contributed by atoms with van der Waals surface area (Å²) < 4.78 is 15.9. The minimum atomic E-state index is -0.590. The van der Waals surface area contributed by atoms with E-state index in [1.165, 1.54) is 6.08 Å². The van der Waals surface area contributed by atoms with Crippen molar-refractivity contribution >= 4 is 18.0 Å². The number of esters is 1. The molecule has 6 nitrogen and oxygen atoms in total. The van der Waals surface area contributed by atoms with Crippen LogP contribution in [0.3, 0.4) is 0 Å². The number of fused-ring (bicyclic) bond motifs is 1. The molecule has 1 heterocycles. The molecule has 0 radical (unpaired) electrons. The second kappa shape index (κ2) is 8.89. The molecule has 1 aliphatic heterocycles. The maximum absolute atomic E-state index is 11.9. The second-order valence-electron chi connectivity index (χ2n) is 6.04. The van der Waals surface area contributed by atoms with E-state index < -0.39 is 5.97 Å². The number of rotatable bonds is 6. The van der Waals surface area contributed by atoms with Gasteiger partial charge in [-0.1, -0.05) is 36.4 Å². The van der Waals surface area contributed by atoms with E-state index in [-0.39, 0.29) is 18.6 Å². The van der Waals surface area contributed by atoms with Gasteiger partial charge in [0.05, 0.1) is 6.04 Å². The van der Waals surface area contributed by atoms with Crippen LogP contribution >= 0.6 is 0 Å². The van der Waals surface area contributed by atoms with Gasteiger partial charge in [0.15, 0.2) is 18.1 Å². The number of benzene rings is 2. The summed E-state index contributed by atoms with van der Waals surface area (Å²) in [6.45, 7) is 2.57. The lowest BCUT2D eigenvalue weighted by Gasteiger charge is -2.18. The van der Waals surface area contributed by atoms with Gasteiger partial charge in [-0.25, -0.2) is 4.79 Å². The molecule has 2 aromatic rings. The molecule has 2 aromatic carbocycles. The fourth-order valence-corrected chi connectivity index (χ4v) is 2.62. The van der Waals surface area contributed by atoms with Crippen LogP contribution in [0.4, 0.5) is 0 Å². The number of carbonyl (C=O) groups excluding carboxylic acids is 2. The standard InChI is InChI=1S/C21H21NO5/c1-15(17-5-3-2-4-6-17)22-20(23)14-27-21(24)10-8-16-7-9-18-19(13-16)26-12-11-25-18/h2-10,13,15H,11-12,14H2,1H3,(H,22,23)/b10-8+. The molecule has 1 aliphatic rings. The van der Waals surface area contributed by atoms with Crippen LogP contribution in [0.2, 0.25) is 0 Å². The van der Waals surface area contributed by atoms with E-state index in [2.05, 4.69) is 5.32 Å². The van der Waals surface area contributed by atoms with Crippen molar-refractivity contribution in [2.24, 2.45) is 0 Å². The number of hydrogen-bond donors (Lipinski definition) is 1. The van der Waals surface area contributed by atoms with Gasteiger partial charge in [-0.3, -0.25) is 4.79 Å². The van der Waals surface area contributed by atoms with E-state index in [1.807, 2.05) is 43.3 Å². The highest BCUT2D eigenvalue weighted by Gasteiger charge is 2.12. The first-order valence-electron chi connectivity index (χ1n) is 8.70.